The third kappa shape index (κ3) is 5.91. The Bertz CT molecular complexity index is 1780. The van der Waals surface area contributed by atoms with E-state index in [9.17, 15) is 25.5 Å². The fourth-order valence-electron chi connectivity index (χ4n) is 5.25. The first-order valence-corrected chi connectivity index (χ1v) is 14.1. The van der Waals surface area contributed by atoms with Gasteiger partial charge in [-0.25, -0.2) is 0 Å². The lowest BCUT2D eigenvalue weighted by molar-refractivity contribution is 0.243. The minimum Gasteiger partial charge on any atom is -0.508 e. The Kier molecular flexibility index (Phi) is 8.25. The fourth-order valence-corrected chi connectivity index (χ4v) is 5.25. The maximum Gasteiger partial charge on any atom is 0.132 e. The van der Waals surface area contributed by atoms with Crippen LogP contribution in [0.2, 0.25) is 0 Å². The third-order valence-corrected chi connectivity index (χ3v) is 7.70. The number of anilines is 2. The topological polar surface area (TPSA) is 108 Å². The van der Waals surface area contributed by atoms with Gasteiger partial charge in [0.15, 0.2) is 0 Å². The van der Waals surface area contributed by atoms with Crippen molar-refractivity contribution in [3.05, 3.63) is 142 Å². The molecule has 3 aromatic rings. The van der Waals surface area contributed by atoms with Crippen molar-refractivity contribution in [3.63, 3.8) is 0 Å². The molecule has 0 heterocycles. The van der Waals surface area contributed by atoms with Crippen LogP contribution in [0.15, 0.2) is 119 Å². The van der Waals surface area contributed by atoms with Gasteiger partial charge in [-0.1, -0.05) is 55.1 Å². The maximum atomic E-state index is 11.0. The zero-order valence-electron chi connectivity index (χ0n) is 25.2. The van der Waals surface area contributed by atoms with E-state index in [-0.39, 0.29) is 50.9 Å². The van der Waals surface area contributed by atoms with Gasteiger partial charge in [0.2, 0.25) is 0 Å². The Balaban J connectivity index is 1.37. The van der Waals surface area contributed by atoms with Crippen molar-refractivity contribution < 1.29 is 25.5 Å². The van der Waals surface area contributed by atoms with E-state index in [1.165, 1.54) is 18.2 Å². The molecule has 3 aromatic carbocycles. The van der Waals surface area contributed by atoms with Crippen LogP contribution in [0.4, 0.5) is 11.4 Å². The number of allylic oxidation sites excluding steroid dienone is 5. The molecule has 44 heavy (non-hydrogen) atoms. The van der Waals surface area contributed by atoms with Crippen LogP contribution < -0.4 is 9.80 Å². The predicted octanol–water partition coefficient (Wildman–Crippen LogP) is 6.99. The van der Waals surface area contributed by atoms with E-state index in [0.717, 1.165) is 22.5 Å². The van der Waals surface area contributed by atoms with Gasteiger partial charge in [-0.3, -0.25) is 0 Å². The molecule has 0 spiro atoms. The van der Waals surface area contributed by atoms with E-state index in [1.54, 1.807) is 18.2 Å². The first kappa shape index (κ1) is 30.1. The second kappa shape index (κ2) is 12.1. The van der Waals surface area contributed by atoms with Crippen LogP contribution in [0.25, 0.3) is 23.8 Å². The molecule has 1 atom stereocenters. The largest absolute Gasteiger partial charge is 0.508 e. The molecule has 0 aromatic heterocycles. The first-order valence-electron chi connectivity index (χ1n) is 14.1. The molecule has 0 amide bonds. The van der Waals surface area contributed by atoms with E-state index in [1.807, 2.05) is 98.7 Å². The van der Waals surface area contributed by atoms with Crippen LogP contribution >= 0.6 is 0 Å². The van der Waals surface area contributed by atoms with Gasteiger partial charge in [0.1, 0.15) is 29.1 Å². The van der Waals surface area contributed by atoms with Crippen LogP contribution in [0, 0.1) is 0 Å². The van der Waals surface area contributed by atoms with Crippen LogP contribution in [0.5, 0.6) is 11.5 Å². The van der Waals surface area contributed by atoms with Crippen molar-refractivity contribution in [2.45, 2.75) is 6.10 Å². The summed E-state index contributed by atoms with van der Waals surface area (Å²) in [5.74, 6) is -0.979. The summed E-state index contributed by atoms with van der Waals surface area (Å²) in [6.45, 7) is 4.01. The van der Waals surface area contributed by atoms with E-state index in [0.29, 0.717) is 11.1 Å². The zero-order chi connectivity index (χ0) is 31.7. The highest BCUT2D eigenvalue weighted by Gasteiger charge is 2.38. The maximum absolute atomic E-state index is 11.0. The van der Waals surface area contributed by atoms with Gasteiger partial charge in [0, 0.05) is 56.3 Å². The van der Waals surface area contributed by atoms with Crippen LogP contribution in [0.1, 0.15) is 22.3 Å². The van der Waals surface area contributed by atoms with Gasteiger partial charge < -0.3 is 35.3 Å². The Morgan fingerprint density at radius 3 is 1.59 bits per heavy atom. The average molecular weight is 589 g/mol. The fraction of sp³-hybridized carbons (Fsp3) is 0.135. The number of hydrogen-bond acceptors (Lipinski definition) is 7. The summed E-state index contributed by atoms with van der Waals surface area (Å²) in [5.41, 5.74) is 5.94. The molecule has 7 heteroatoms. The minimum absolute atomic E-state index is 0.0255. The number of nitrogens with zero attached hydrogens (tertiary/aromatic N) is 2. The number of hydrogen-bond donors (Lipinski definition) is 5. The molecule has 1 unspecified atom stereocenters. The number of aromatic hydroxyl groups is 2. The number of benzene rings is 3. The number of aliphatic hydroxyl groups is 3. The number of phenolic OH excluding ortho intramolecular Hbond substituents is 2. The van der Waals surface area contributed by atoms with Gasteiger partial charge in [0.05, 0.1) is 5.56 Å². The van der Waals surface area contributed by atoms with Gasteiger partial charge in [-0.05, 0) is 76.4 Å². The Morgan fingerprint density at radius 1 is 0.659 bits per heavy atom. The summed E-state index contributed by atoms with van der Waals surface area (Å²) in [6.07, 6.45) is 9.15. The molecular formula is C37H36N2O5. The summed E-state index contributed by atoms with van der Waals surface area (Å²) in [4.78, 5) is 4.02. The normalized spacial score (nSPS) is 18.5. The van der Waals surface area contributed by atoms with E-state index in [2.05, 4.69) is 6.58 Å². The van der Waals surface area contributed by atoms with Crippen molar-refractivity contribution in [1.29, 1.82) is 0 Å². The highest BCUT2D eigenvalue weighted by Crippen LogP contribution is 2.52. The molecule has 0 radical (unpaired) electrons. The number of phenols is 2. The lowest BCUT2D eigenvalue weighted by atomic mass is 9.75. The highest BCUT2D eigenvalue weighted by molar-refractivity contribution is 6.01. The summed E-state index contributed by atoms with van der Waals surface area (Å²) >= 11 is 0. The molecule has 7 nitrogen and oxygen atoms in total. The number of aliphatic hydroxyl groups excluding tert-OH is 3. The van der Waals surface area contributed by atoms with Crippen LogP contribution in [-0.2, 0) is 0 Å². The van der Waals surface area contributed by atoms with Crippen molar-refractivity contribution in [3.8, 4) is 11.5 Å². The van der Waals surface area contributed by atoms with Gasteiger partial charge >= 0.3 is 0 Å². The lowest BCUT2D eigenvalue weighted by Crippen LogP contribution is -2.22. The first-order chi connectivity index (χ1) is 20.9. The molecule has 0 saturated carbocycles. The van der Waals surface area contributed by atoms with E-state index in [4.69, 9.17) is 0 Å². The quantitative estimate of drug-likeness (QED) is 0.189. The molecule has 2 aliphatic carbocycles. The summed E-state index contributed by atoms with van der Waals surface area (Å²) in [5, 5.41) is 54.5. The highest BCUT2D eigenvalue weighted by atomic mass is 16.3. The Morgan fingerprint density at radius 2 is 1.14 bits per heavy atom. The van der Waals surface area contributed by atoms with Crippen molar-refractivity contribution >= 4 is 35.2 Å². The van der Waals surface area contributed by atoms with Gasteiger partial charge in [0.25, 0.3) is 0 Å². The second-order valence-electron chi connectivity index (χ2n) is 11.2. The lowest BCUT2D eigenvalue weighted by Gasteiger charge is -2.31. The second-order valence-corrected chi connectivity index (χ2v) is 11.2. The smallest absolute Gasteiger partial charge is 0.132 e. The molecule has 2 aliphatic rings. The van der Waals surface area contributed by atoms with Crippen LogP contribution in [0.3, 0.4) is 0 Å². The molecule has 5 rings (SSSR count). The molecule has 0 bridgehead atoms. The Hall–Kier alpha value is -5.40. The Labute approximate surface area is 257 Å². The van der Waals surface area contributed by atoms with Crippen molar-refractivity contribution in [1.82, 2.24) is 0 Å². The summed E-state index contributed by atoms with van der Waals surface area (Å²) in [6, 6.07) is 18.9. The monoisotopic (exact) mass is 588 g/mol. The molecule has 5 N–H and O–H groups in total. The van der Waals surface area contributed by atoms with Crippen molar-refractivity contribution in [2.24, 2.45) is 0 Å². The SMILES string of the molecule is C=C1C(c2c(O)cc(/C=C/c3ccc(N(C)C)cc3)cc2O)=C(O)/C1=C1/C(O)=CC(/C=C/c2ccc(N(C)C)cc2)=CC1O. The van der Waals surface area contributed by atoms with E-state index < -0.39 is 6.10 Å². The zero-order valence-corrected chi connectivity index (χ0v) is 25.2. The average Bonchev–Trinajstić information content (AvgIpc) is 2.98. The molecule has 0 aliphatic heterocycles. The third-order valence-electron chi connectivity index (χ3n) is 7.70. The van der Waals surface area contributed by atoms with Crippen LogP contribution in [-0.4, -0.2) is 59.8 Å². The molecule has 0 fully saturated rings. The molecular weight excluding hydrogens is 552 g/mol. The summed E-state index contributed by atoms with van der Waals surface area (Å²) < 4.78 is 0. The minimum atomic E-state index is -1.22. The molecule has 224 valence electrons. The van der Waals surface area contributed by atoms with Crippen molar-refractivity contribution in [2.75, 3.05) is 38.0 Å². The van der Waals surface area contributed by atoms with E-state index >= 15 is 0 Å². The standard InChI is InChI=1S/C37H36N2O5/c1-22-33(35-29(40)18-25(19-30(35)41)8-6-23-10-14-27(15-11-23)38(2)3)37(44)34(22)36-31(42)20-26(21-32(36)43)9-7-24-12-16-28(17-13-24)39(4)5/h6-21,29,40-44H,1H2,2-5H3/b8-6+,9-7+,35-33+. The number of rotatable bonds is 7. The molecule has 0 saturated heterocycles. The predicted molar refractivity (Wildman–Crippen MR) is 180 cm³/mol. The van der Waals surface area contributed by atoms with Gasteiger partial charge in [-0.15, -0.1) is 0 Å². The van der Waals surface area contributed by atoms with Gasteiger partial charge in [-0.2, -0.15) is 0 Å². The summed E-state index contributed by atoms with van der Waals surface area (Å²) in [7, 11) is 7.88.